The Morgan fingerprint density at radius 3 is 2.12 bits per heavy atom. The Morgan fingerprint density at radius 1 is 1.00 bits per heavy atom. The minimum Gasteiger partial charge on any atom is -0.378 e. The number of rotatable bonds is 7. The third kappa shape index (κ3) is 4.84. The molecule has 0 unspecified atom stereocenters. The van der Waals surface area contributed by atoms with Gasteiger partial charge in [-0.2, -0.15) is 0 Å². The van der Waals surface area contributed by atoms with Crippen LogP contribution in [-0.2, 0) is 10.0 Å². The SMILES string of the molecule is Cc1ccc(S(=O)(=O)NC[C@@H](c2ccc(N(C)C)cc2)[NH+](C)C)cc1C. The zero-order valence-corrected chi connectivity index (χ0v) is 17.3. The third-order valence-corrected chi connectivity index (χ3v) is 6.20. The van der Waals surface area contributed by atoms with E-state index in [1.54, 1.807) is 12.1 Å². The molecular weight excluding hydrogens is 346 g/mol. The first-order valence-corrected chi connectivity index (χ1v) is 10.2. The lowest BCUT2D eigenvalue weighted by molar-refractivity contribution is -0.890. The van der Waals surface area contributed by atoms with Crippen molar-refractivity contribution in [2.75, 3.05) is 39.6 Å². The van der Waals surface area contributed by atoms with Gasteiger partial charge in [-0.25, -0.2) is 13.1 Å². The van der Waals surface area contributed by atoms with E-state index in [1.807, 2.05) is 53.0 Å². The average molecular weight is 377 g/mol. The van der Waals surface area contributed by atoms with Crippen LogP contribution in [0, 0.1) is 13.8 Å². The second kappa shape index (κ2) is 8.20. The summed E-state index contributed by atoms with van der Waals surface area (Å²) < 4.78 is 28.1. The van der Waals surface area contributed by atoms with E-state index in [2.05, 4.69) is 29.0 Å². The van der Waals surface area contributed by atoms with Crippen LogP contribution in [0.25, 0.3) is 0 Å². The Labute approximate surface area is 157 Å². The average Bonchev–Trinajstić information content (AvgIpc) is 2.57. The van der Waals surface area contributed by atoms with Gasteiger partial charge in [0.15, 0.2) is 0 Å². The van der Waals surface area contributed by atoms with Crippen molar-refractivity contribution in [1.82, 2.24) is 4.72 Å². The summed E-state index contributed by atoms with van der Waals surface area (Å²) in [5.74, 6) is 0. The maximum Gasteiger partial charge on any atom is 0.240 e. The van der Waals surface area contributed by atoms with Crippen LogP contribution in [0.2, 0.25) is 0 Å². The van der Waals surface area contributed by atoms with Crippen LogP contribution in [-0.4, -0.2) is 43.2 Å². The third-order valence-electron chi connectivity index (χ3n) is 4.77. The van der Waals surface area contributed by atoms with Gasteiger partial charge in [-0.05, 0) is 49.2 Å². The van der Waals surface area contributed by atoms with Gasteiger partial charge >= 0.3 is 0 Å². The quantitative estimate of drug-likeness (QED) is 0.771. The van der Waals surface area contributed by atoms with Crippen LogP contribution in [0.3, 0.4) is 0 Å². The van der Waals surface area contributed by atoms with E-state index >= 15 is 0 Å². The van der Waals surface area contributed by atoms with E-state index < -0.39 is 10.0 Å². The van der Waals surface area contributed by atoms with Gasteiger partial charge in [0.05, 0.1) is 25.5 Å². The molecule has 5 nitrogen and oxygen atoms in total. The van der Waals surface area contributed by atoms with Crippen molar-refractivity contribution >= 4 is 15.7 Å². The van der Waals surface area contributed by atoms with E-state index in [0.29, 0.717) is 11.4 Å². The van der Waals surface area contributed by atoms with Crippen LogP contribution >= 0.6 is 0 Å². The van der Waals surface area contributed by atoms with E-state index in [0.717, 1.165) is 22.4 Å². The molecule has 0 bridgehead atoms. The van der Waals surface area contributed by atoms with Gasteiger partial charge in [0.25, 0.3) is 0 Å². The molecule has 0 saturated carbocycles. The fraction of sp³-hybridized carbons (Fsp3) is 0.400. The van der Waals surface area contributed by atoms with Crippen LogP contribution in [0.5, 0.6) is 0 Å². The predicted molar refractivity (Wildman–Crippen MR) is 107 cm³/mol. The maximum absolute atomic E-state index is 12.7. The minimum absolute atomic E-state index is 0.0348. The minimum atomic E-state index is -3.53. The maximum atomic E-state index is 12.7. The first-order chi connectivity index (χ1) is 12.1. The molecule has 2 rings (SSSR count). The molecule has 6 heteroatoms. The highest BCUT2D eigenvalue weighted by atomic mass is 32.2. The summed E-state index contributed by atoms with van der Waals surface area (Å²) in [5, 5.41) is 0. The number of hydrogen-bond acceptors (Lipinski definition) is 3. The number of benzene rings is 2. The molecule has 0 heterocycles. The Hall–Kier alpha value is -1.89. The summed E-state index contributed by atoms with van der Waals surface area (Å²) >= 11 is 0. The molecule has 0 aliphatic rings. The highest BCUT2D eigenvalue weighted by Crippen LogP contribution is 2.18. The topological polar surface area (TPSA) is 53.9 Å². The van der Waals surface area contributed by atoms with Crippen molar-refractivity contribution in [3.05, 3.63) is 59.2 Å². The van der Waals surface area contributed by atoms with Gasteiger partial charge in [0, 0.05) is 25.3 Å². The molecule has 26 heavy (non-hydrogen) atoms. The summed E-state index contributed by atoms with van der Waals surface area (Å²) in [6, 6.07) is 13.5. The monoisotopic (exact) mass is 376 g/mol. The molecule has 0 fully saturated rings. The number of aryl methyl sites for hydroxylation is 2. The normalized spacial score (nSPS) is 13.0. The van der Waals surface area contributed by atoms with Crippen LogP contribution in [0.1, 0.15) is 22.7 Å². The number of nitrogens with zero attached hydrogens (tertiary/aromatic N) is 1. The number of sulfonamides is 1. The van der Waals surface area contributed by atoms with E-state index in [4.69, 9.17) is 0 Å². The Balaban J connectivity index is 2.18. The lowest BCUT2D eigenvalue weighted by Gasteiger charge is -2.23. The zero-order chi connectivity index (χ0) is 19.5. The molecule has 0 aliphatic heterocycles. The molecule has 0 amide bonds. The molecule has 0 aromatic heterocycles. The van der Waals surface area contributed by atoms with Crippen molar-refractivity contribution in [1.29, 1.82) is 0 Å². The van der Waals surface area contributed by atoms with Crippen molar-refractivity contribution in [2.24, 2.45) is 0 Å². The number of nitrogens with one attached hydrogen (secondary N) is 2. The highest BCUT2D eigenvalue weighted by Gasteiger charge is 2.22. The fourth-order valence-corrected chi connectivity index (χ4v) is 3.95. The molecule has 2 aromatic carbocycles. The van der Waals surface area contributed by atoms with Crippen LogP contribution < -0.4 is 14.5 Å². The van der Waals surface area contributed by atoms with Crippen molar-refractivity contribution < 1.29 is 13.3 Å². The lowest BCUT2D eigenvalue weighted by atomic mass is 10.1. The van der Waals surface area contributed by atoms with Crippen LogP contribution in [0.15, 0.2) is 47.4 Å². The fourth-order valence-electron chi connectivity index (χ4n) is 2.82. The lowest BCUT2D eigenvalue weighted by Crippen LogP contribution is -3.07. The molecule has 0 radical (unpaired) electrons. The molecular formula is C20H30N3O2S+. The first kappa shape index (κ1) is 20.4. The molecule has 2 aromatic rings. The first-order valence-electron chi connectivity index (χ1n) is 8.76. The number of hydrogen-bond donors (Lipinski definition) is 2. The number of quaternary nitrogens is 1. The Morgan fingerprint density at radius 2 is 1.62 bits per heavy atom. The van der Waals surface area contributed by atoms with Gasteiger partial charge in [-0.3, -0.25) is 0 Å². The summed E-state index contributed by atoms with van der Waals surface area (Å²) in [5.41, 5.74) is 4.29. The van der Waals surface area contributed by atoms with Gasteiger partial charge in [-0.1, -0.05) is 18.2 Å². The molecule has 1 atom stereocenters. The predicted octanol–water partition coefficient (Wildman–Crippen LogP) is 1.53. The van der Waals surface area contributed by atoms with E-state index in [9.17, 15) is 8.42 Å². The summed E-state index contributed by atoms with van der Waals surface area (Å²) in [6.07, 6.45) is 0. The van der Waals surface area contributed by atoms with Gasteiger partial charge in [-0.15, -0.1) is 0 Å². The Bertz CT molecular complexity index is 844. The van der Waals surface area contributed by atoms with Crippen molar-refractivity contribution in [3.63, 3.8) is 0 Å². The number of likely N-dealkylation sites (N-methyl/N-ethyl adjacent to an activating group) is 1. The molecule has 0 aliphatic carbocycles. The molecule has 2 N–H and O–H groups in total. The van der Waals surface area contributed by atoms with Crippen molar-refractivity contribution in [2.45, 2.75) is 24.8 Å². The molecule has 0 saturated heterocycles. The second-order valence-electron chi connectivity index (χ2n) is 7.21. The van der Waals surface area contributed by atoms with Crippen LogP contribution in [0.4, 0.5) is 5.69 Å². The smallest absolute Gasteiger partial charge is 0.240 e. The molecule has 142 valence electrons. The van der Waals surface area contributed by atoms with E-state index in [1.165, 1.54) is 4.90 Å². The molecule has 0 spiro atoms. The second-order valence-corrected chi connectivity index (χ2v) is 8.98. The van der Waals surface area contributed by atoms with Gasteiger partial charge < -0.3 is 9.80 Å². The number of anilines is 1. The standard InChI is InChI=1S/C20H29N3O2S/c1-15-7-12-19(13-16(15)2)26(24,25)21-14-20(23(5)6)17-8-10-18(11-9-17)22(3)4/h7-13,20-21H,14H2,1-6H3/p+1/t20-/m0/s1. The zero-order valence-electron chi connectivity index (χ0n) is 16.5. The summed E-state index contributed by atoms with van der Waals surface area (Å²) in [6.45, 7) is 4.24. The Kier molecular flexibility index (Phi) is 6.44. The van der Waals surface area contributed by atoms with Gasteiger partial charge in [0.1, 0.15) is 6.04 Å². The summed E-state index contributed by atoms with van der Waals surface area (Å²) in [7, 11) is 4.55. The van der Waals surface area contributed by atoms with Crippen molar-refractivity contribution in [3.8, 4) is 0 Å². The van der Waals surface area contributed by atoms with E-state index in [-0.39, 0.29) is 6.04 Å². The van der Waals surface area contributed by atoms with Gasteiger partial charge in [0.2, 0.25) is 10.0 Å². The largest absolute Gasteiger partial charge is 0.378 e. The highest BCUT2D eigenvalue weighted by molar-refractivity contribution is 7.89. The summed E-state index contributed by atoms with van der Waals surface area (Å²) in [4.78, 5) is 3.53.